The van der Waals surface area contributed by atoms with E-state index in [4.69, 9.17) is 4.74 Å². The molecule has 1 aliphatic heterocycles. The van der Waals surface area contributed by atoms with Gasteiger partial charge >= 0.3 is 0 Å². The Labute approximate surface area is 100 Å². The number of rotatable bonds is 0. The van der Waals surface area contributed by atoms with Crippen LogP contribution in [0.2, 0.25) is 0 Å². The monoisotopic (exact) mass is 222 g/mol. The van der Waals surface area contributed by atoms with Crippen molar-refractivity contribution in [1.29, 1.82) is 0 Å². The minimum absolute atomic E-state index is 0.736. The molecule has 0 spiro atoms. The Bertz CT molecular complexity index is 232. The number of fused-ring (bicyclic) bond motifs is 1. The van der Waals surface area contributed by atoms with Gasteiger partial charge in [-0.1, -0.05) is 43.8 Å². The lowest BCUT2D eigenvalue weighted by atomic mass is 9.85. The van der Waals surface area contributed by atoms with Crippen molar-refractivity contribution in [2.24, 2.45) is 11.8 Å². The fourth-order valence-corrected chi connectivity index (χ4v) is 3.13. The minimum atomic E-state index is 0.736. The zero-order valence-corrected chi connectivity index (χ0v) is 10.7. The lowest BCUT2D eigenvalue weighted by Crippen LogP contribution is -2.14. The summed E-state index contributed by atoms with van der Waals surface area (Å²) in [5.74, 6) is 1.55. The molecule has 0 saturated carbocycles. The largest absolute Gasteiger partial charge is 0.381 e. The predicted molar refractivity (Wildman–Crippen MR) is 68.5 cm³/mol. The number of ether oxygens (including phenoxy) is 1. The molecule has 0 amide bonds. The molecular weight excluding hydrogens is 196 g/mol. The summed E-state index contributed by atoms with van der Waals surface area (Å²) in [6.07, 6.45) is 13.7. The molecule has 1 nitrogen and oxygen atoms in total. The van der Waals surface area contributed by atoms with Gasteiger partial charge in [0.2, 0.25) is 0 Å². The zero-order valence-electron chi connectivity index (χ0n) is 10.7. The molecule has 1 saturated heterocycles. The molecule has 0 aromatic rings. The minimum Gasteiger partial charge on any atom is -0.381 e. The van der Waals surface area contributed by atoms with Crippen molar-refractivity contribution >= 4 is 0 Å². The van der Waals surface area contributed by atoms with Crippen LogP contribution in [0.5, 0.6) is 0 Å². The van der Waals surface area contributed by atoms with E-state index in [2.05, 4.69) is 13.0 Å². The van der Waals surface area contributed by atoms with Gasteiger partial charge in [-0.15, -0.1) is 0 Å². The molecule has 1 fully saturated rings. The van der Waals surface area contributed by atoms with E-state index < -0.39 is 0 Å². The maximum atomic E-state index is 5.68. The van der Waals surface area contributed by atoms with Gasteiger partial charge in [0.1, 0.15) is 0 Å². The highest BCUT2D eigenvalue weighted by atomic mass is 16.5. The van der Waals surface area contributed by atoms with Crippen LogP contribution >= 0.6 is 0 Å². The van der Waals surface area contributed by atoms with E-state index in [1.807, 2.05) is 0 Å². The molecule has 0 radical (unpaired) electrons. The maximum absolute atomic E-state index is 5.68. The zero-order chi connectivity index (χ0) is 11.2. The Kier molecular flexibility index (Phi) is 4.90. The first kappa shape index (κ1) is 12.2. The highest BCUT2D eigenvalue weighted by Crippen LogP contribution is 2.32. The Hall–Kier alpha value is -0.300. The highest BCUT2D eigenvalue weighted by Gasteiger charge is 2.28. The first-order valence-corrected chi connectivity index (χ1v) is 7.12. The molecule has 1 heteroatoms. The van der Waals surface area contributed by atoms with Gasteiger partial charge in [0.05, 0.1) is 13.2 Å². The molecular formula is C15H26O. The SMILES string of the molecule is C/C1=C\CCCCCCCCC2COCC12. The van der Waals surface area contributed by atoms with E-state index in [9.17, 15) is 0 Å². The van der Waals surface area contributed by atoms with Crippen molar-refractivity contribution in [2.45, 2.75) is 58.3 Å². The Morgan fingerprint density at radius 1 is 1.00 bits per heavy atom. The molecule has 0 aromatic heterocycles. The summed E-state index contributed by atoms with van der Waals surface area (Å²) in [5.41, 5.74) is 1.60. The standard InChI is InChI=1S/C15H26O/c1-13-9-7-5-3-2-4-6-8-10-14-11-16-12-15(13)14/h9,14-15H,2-8,10-12H2,1H3/b13-9+. The summed E-state index contributed by atoms with van der Waals surface area (Å²) >= 11 is 0. The van der Waals surface area contributed by atoms with E-state index in [0.717, 1.165) is 25.0 Å². The molecule has 1 aliphatic carbocycles. The Morgan fingerprint density at radius 2 is 1.75 bits per heavy atom. The summed E-state index contributed by atoms with van der Waals surface area (Å²) < 4.78 is 5.68. The van der Waals surface area contributed by atoms with Gasteiger partial charge in [-0.3, -0.25) is 0 Å². The summed E-state index contributed by atoms with van der Waals surface area (Å²) in [6.45, 7) is 4.31. The van der Waals surface area contributed by atoms with Crippen molar-refractivity contribution in [3.8, 4) is 0 Å². The van der Waals surface area contributed by atoms with E-state index in [1.54, 1.807) is 5.57 Å². The topological polar surface area (TPSA) is 9.23 Å². The molecule has 2 aliphatic rings. The van der Waals surface area contributed by atoms with Crippen LogP contribution in [-0.2, 0) is 4.74 Å². The van der Waals surface area contributed by atoms with Gasteiger partial charge in [0.25, 0.3) is 0 Å². The Morgan fingerprint density at radius 3 is 2.62 bits per heavy atom. The smallest absolute Gasteiger partial charge is 0.0535 e. The second-order valence-corrected chi connectivity index (χ2v) is 5.55. The lowest BCUT2D eigenvalue weighted by molar-refractivity contribution is 0.181. The van der Waals surface area contributed by atoms with E-state index in [-0.39, 0.29) is 0 Å². The average molecular weight is 222 g/mol. The van der Waals surface area contributed by atoms with Crippen LogP contribution in [0.3, 0.4) is 0 Å². The third-order valence-corrected chi connectivity index (χ3v) is 4.28. The molecule has 2 atom stereocenters. The van der Waals surface area contributed by atoms with Gasteiger partial charge in [0.15, 0.2) is 0 Å². The second-order valence-electron chi connectivity index (χ2n) is 5.55. The molecule has 0 aromatic carbocycles. The molecule has 0 bridgehead atoms. The van der Waals surface area contributed by atoms with Crippen molar-refractivity contribution in [3.05, 3.63) is 11.6 Å². The molecule has 2 unspecified atom stereocenters. The fraction of sp³-hybridized carbons (Fsp3) is 0.867. The molecule has 16 heavy (non-hydrogen) atoms. The quantitative estimate of drug-likeness (QED) is 0.554. The first-order chi connectivity index (χ1) is 7.88. The van der Waals surface area contributed by atoms with Crippen molar-refractivity contribution < 1.29 is 4.74 Å². The van der Waals surface area contributed by atoms with Crippen LogP contribution in [0.1, 0.15) is 58.3 Å². The summed E-state index contributed by atoms with van der Waals surface area (Å²) in [6, 6.07) is 0. The first-order valence-electron chi connectivity index (χ1n) is 7.12. The number of hydrogen-bond donors (Lipinski definition) is 0. The number of hydrogen-bond acceptors (Lipinski definition) is 1. The fourth-order valence-electron chi connectivity index (χ4n) is 3.13. The predicted octanol–water partition coefficient (Wildman–Crippen LogP) is 4.33. The van der Waals surface area contributed by atoms with Crippen molar-refractivity contribution in [3.63, 3.8) is 0 Å². The van der Waals surface area contributed by atoms with Crippen LogP contribution in [-0.4, -0.2) is 13.2 Å². The summed E-state index contributed by atoms with van der Waals surface area (Å²) in [5, 5.41) is 0. The van der Waals surface area contributed by atoms with Gasteiger partial charge < -0.3 is 4.74 Å². The third kappa shape index (κ3) is 3.35. The number of allylic oxidation sites excluding steroid dienone is 1. The van der Waals surface area contributed by atoms with Crippen molar-refractivity contribution in [2.75, 3.05) is 13.2 Å². The van der Waals surface area contributed by atoms with Gasteiger partial charge in [-0.2, -0.15) is 0 Å². The van der Waals surface area contributed by atoms with Crippen LogP contribution < -0.4 is 0 Å². The highest BCUT2D eigenvalue weighted by molar-refractivity contribution is 5.07. The molecule has 1 heterocycles. The van der Waals surface area contributed by atoms with Gasteiger partial charge in [-0.25, -0.2) is 0 Å². The Balaban J connectivity index is 1.95. The normalized spacial score (nSPS) is 36.7. The third-order valence-electron chi connectivity index (χ3n) is 4.28. The van der Waals surface area contributed by atoms with Crippen LogP contribution in [0.4, 0.5) is 0 Å². The van der Waals surface area contributed by atoms with Gasteiger partial charge in [0, 0.05) is 5.92 Å². The van der Waals surface area contributed by atoms with E-state index in [1.165, 1.54) is 51.4 Å². The van der Waals surface area contributed by atoms with Crippen LogP contribution in [0, 0.1) is 11.8 Å². The molecule has 2 rings (SSSR count). The summed E-state index contributed by atoms with van der Waals surface area (Å²) in [7, 11) is 0. The lowest BCUT2D eigenvalue weighted by Gasteiger charge is -2.19. The maximum Gasteiger partial charge on any atom is 0.0535 e. The second kappa shape index (κ2) is 6.44. The average Bonchev–Trinajstić information content (AvgIpc) is 2.73. The van der Waals surface area contributed by atoms with Crippen molar-refractivity contribution in [1.82, 2.24) is 0 Å². The molecule has 92 valence electrons. The van der Waals surface area contributed by atoms with Crippen LogP contribution in [0.25, 0.3) is 0 Å². The summed E-state index contributed by atoms with van der Waals surface area (Å²) in [4.78, 5) is 0. The van der Waals surface area contributed by atoms with E-state index >= 15 is 0 Å². The van der Waals surface area contributed by atoms with Crippen LogP contribution in [0.15, 0.2) is 11.6 Å². The molecule has 0 N–H and O–H groups in total. The van der Waals surface area contributed by atoms with E-state index in [0.29, 0.717) is 0 Å². The van der Waals surface area contributed by atoms with Gasteiger partial charge in [-0.05, 0) is 32.1 Å².